The fourth-order valence-corrected chi connectivity index (χ4v) is 2.36. The molecule has 2 nitrogen and oxygen atoms in total. The summed E-state index contributed by atoms with van der Waals surface area (Å²) < 4.78 is 19.3. The first-order valence-corrected chi connectivity index (χ1v) is 6.98. The van der Waals surface area contributed by atoms with Crippen molar-refractivity contribution >= 4 is 17.4 Å². The molecule has 19 heavy (non-hydrogen) atoms. The molecule has 0 saturated carbocycles. The number of carbonyl (C=O) groups is 1. The quantitative estimate of drug-likeness (QED) is 0.751. The number of ketones is 1. The van der Waals surface area contributed by atoms with Crippen molar-refractivity contribution in [1.82, 2.24) is 0 Å². The fraction of sp³-hybridized carbons (Fsp3) is 0.533. The van der Waals surface area contributed by atoms with E-state index < -0.39 is 11.4 Å². The van der Waals surface area contributed by atoms with Crippen LogP contribution < -0.4 is 0 Å². The summed E-state index contributed by atoms with van der Waals surface area (Å²) in [5.74, 6) is -0.529. The van der Waals surface area contributed by atoms with Gasteiger partial charge in [-0.2, -0.15) is 0 Å². The molecule has 0 unspecified atom stereocenters. The SMILES string of the molecule is CCOC(CC)(CC)C(=O)Cc1ccc(Cl)cc1F. The lowest BCUT2D eigenvalue weighted by molar-refractivity contribution is -0.144. The molecule has 0 N–H and O–H groups in total. The average Bonchev–Trinajstić information content (AvgIpc) is 2.39. The van der Waals surface area contributed by atoms with Gasteiger partial charge in [-0.3, -0.25) is 4.79 Å². The fourth-order valence-electron chi connectivity index (χ4n) is 2.20. The van der Waals surface area contributed by atoms with Crippen molar-refractivity contribution in [3.63, 3.8) is 0 Å². The first kappa shape index (κ1) is 16.1. The summed E-state index contributed by atoms with van der Waals surface area (Å²) in [5.41, 5.74) is -0.443. The minimum atomic E-state index is -0.805. The van der Waals surface area contributed by atoms with Crippen LogP contribution in [0.15, 0.2) is 18.2 Å². The molecule has 0 bridgehead atoms. The third kappa shape index (κ3) is 3.77. The van der Waals surface area contributed by atoms with Crippen LogP contribution >= 0.6 is 11.6 Å². The van der Waals surface area contributed by atoms with Crippen molar-refractivity contribution in [2.45, 2.75) is 45.6 Å². The summed E-state index contributed by atoms with van der Waals surface area (Å²) in [6, 6.07) is 4.37. The van der Waals surface area contributed by atoms with Crippen LogP contribution in [-0.4, -0.2) is 18.0 Å². The first-order chi connectivity index (χ1) is 8.99. The maximum Gasteiger partial charge on any atom is 0.169 e. The summed E-state index contributed by atoms with van der Waals surface area (Å²) in [6.45, 7) is 6.15. The zero-order chi connectivity index (χ0) is 14.5. The van der Waals surface area contributed by atoms with Crippen molar-refractivity contribution in [3.05, 3.63) is 34.6 Å². The predicted octanol–water partition coefficient (Wildman–Crippen LogP) is 4.19. The highest BCUT2D eigenvalue weighted by molar-refractivity contribution is 6.30. The van der Waals surface area contributed by atoms with Gasteiger partial charge in [-0.05, 0) is 37.5 Å². The van der Waals surface area contributed by atoms with Gasteiger partial charge in [0.2, 0.25) is 0 Å². The van der Waals surface area contributed by atoms with Gasteiger partial charge in [0, 0.05) is 18.1 Å². The van der Waals surface area contributed by atoms with E-state index in [2.05, 4.69) is 0 Å². The van der Waals surface area contributed by atoms with E-state index in [1.165, 1.54) is 6.07 Å². The largest absolute Gasteiger partial charge is 0.368 e. The smallest absolute Gasteiger partial charge is 0.169 e. The topological polar surface area (TPSA) is 26.3 Å². The van der Waals surface area contributed by atoms with Crippen molar-refractivity contribution in [2.24, 2.45) is 0 Å². The Morgan fingerprint density at radius 2 is 1.95 bits per heavy atom. The van der Waals surface area contributed by atoms with Gasteiger partial charge < -0.3 is 4.74 Å². The van der Waals surface area contributed by atoms with Gasteiger partial charge in [-0.15, -0.1) is 0 Å². The van der Waals surface area contributed by atoms with Crippen LogP contribution in [0.4, 0.5) is 4.39 Å². The van der Waals surface area contributed by atoms with Gasteiger partial charge >= 0.3 is 0 Å². The van der Waals surface area contributed by atoms with E-state index in [1.54, 1.807) is 12.1 Å². The van der Waals surface area contributed by atoms with Gasteiger partial charge in [0.05, 0.1) is 0 Å². The van der Waals surface area contributed by atoms with Crippen LogP contribution in [0, 0.1) is 5.82 Å². The monoisotopic (exact) mass is 286 g/mol. The molecule has 0 aliphatic carbocycles. The molecule has 1 aromatic carbocycles. The highest BCUT2D eigenvalue weighted by Crippen LogP contribution is 2.25. The van der Waals surface area contributed by atoms with E-state index in [-0.39, 0.29) is 12.2 Å². The van der Waals surface area contributed by atoms with Crippen LogP contribution in [-0.2, 0) is 16.0 Å². The van der Waals surface area contributed by atoms with Crippen LogP contribution in [0.3, 0.4) is 0 Å². The number of Topliss-reactive ketones (excluding diaryl/α,β-unsaturated/α-hetero) is 1. The molecule has 106 valence electrons. The number of hydrogen-bond acceptors (Lipinski definition) is 2. The molecule has 1 aromatic rings. The Kier molecular flexibility index (Phi) is 5.95. The van der Waals surface area contributed by atoms with Gasteiger partial charge in [0.25, 0.3) is 0 Å². The van der Waals surface area contributed by atoms with E-state index in [0.29, 0.717) is 30.0 Å². The molecule has 0 aliphatic rings. The van der Waals surface area contributed by atoms with Crippen molar-refractivity contribution in [2.75, 3.05) is 6.61 Å². The molecule has 0 atom stereocenters. The van der Waals surface area contributed by atoms with Gasteiger partial charge in [-0.1, -0.05) is 31.5 Å². The van der Waals surface area contributed by atoms with Crippen LogP contribution in [0.5, 0.6) is 0 Å². The summed E-state index contributed by atoms with van der Waals surface area (Å²) in [5, 5.41) is 0.329. The third-order valence-electron chi connectivity index (χ3n) is 3.44. The van der Waals surface area contributed by atoms with Gasteiger partial charge in [0.15, 0.2) is 5.78 Å². The standard InChI is InChI=1S/C15H20ClFO2/c1-4-15(5-2,19-6-3)14(18)9-11-7-8-12(16)10-13(11)17/h7-8,10H,4-6,9H2,1-3H3. The Labute approximate surface area is 118 Å². The lowest BCUT2D eigenvalue weighted by Crippen LogP contribution is -2.41. The number of halogens is 2. The Bertz CT molecular complexity index is 442. The molecule has 0 aliphatic heterocycles. The molecule has 1 rings (SSSR count). The first-order valence-electron chi connectivity index (χ1n) is 6.60. The van der Waals surface area contributed by atoms with Crippen LogP contribution in [0.2, 0.25) is 5.02 Å². The number of hydrogen-bond donors (Lipinski definition) is 0. The second kappa shape index (κ2) is 7.01. The molecular formula is C15H20ClFO2. The van der Waals surface area contributed by atoms with E-state index in [4.69, 9.17) is 16.3 Å². The molecule has 0 fully saturated rings. The molecule has 0 aromatic heterocycles. The Morgan fingerprint density at radius 3 is 2.42 bits per heavy atom. The summed E-state index contributed by atoms with van der Waals surface area (Å²) in [4.78, 5) is 12.4. The Hall–Kier alpha value is -0.930. The minimum Gasteiger partial charge on any atom is -0.368 e. The van der Waals surface area contributed by atoms with Gasteiger partial charge in [-0.25, -0.2) is 4.39 Å². The maximum atomic E-state index is 13.7. The Balaban J connectivity index is 2.93. The molecular weight excluding hydrogens is 267 g/mol. The van der Waals surface area contributed by atoms with E-state index in [0.717, 1.165) is 0 Å². The molecule has 0 amide bonds. The maximum absolute atomic E-state index is 13.7. The molecule has 0 saturated heterocycles. The molecule has 4 heteroatoms. The Morgan fingerprint density at radius 1 is 1.32 bits per heavy atom. The molecule has 0 radical (unpaired) electrons. The summed E-state index contributed by atoms with van der Waals surface area (Å²) in [7, 11) is 0. The summed E-state index contributed by atoms with van der Waals surface area (Å²) >= 11 is 5.70. The van der Waals surface area contributed by atoms with Gasteiger partial charge in [0.1, 0.15) is 11.4 Å². The summed E-state index contributed by atoms with van der Waals surface area (Å²) in [6.07, 6.45) is 1.21. The zero-order valence-corrected chi connectivity index (χ0v) is 12.4. The lowest BCUT2D eigenvalue weighted by Gasteiger charge is -2.30. The average molecular weight is 287 g/mol. The molecule has 0 heterocycles. The van der Waals surface area contributed by atoms with Crippen molar-refractivity contribution < 1.29 is 13.9 Å². The normalized spacial score (nSPS) is 11.6. The van der Waals surface area contributed by atoms with Crippen LogP contribution in [0.1, 0.15) is 39.2 Å². The van der Waals surface area contributed by atoms with Crippen molar-refractivity contribution in [3.8, 4) is 0 Å². The van der Waals surface area contributed by atoms with Crippen molar-refractivity contribution in [1.29, 1.82) is 0 Å². The minimum absolute atomic E-state index is 0.0324. The predicted molar refractivity (Wildman–Crippen MR) is 75.1 cm³/mol. The zero-order valence-electron chi connectivity index (χ0n) is 11.6. The highest BCUT2D eigenvalue weighted by Gasteiger charge is 2.35. The second-order valence-corrected chi connectivity index (χ2v) is 4.91. The number of benzene rings is 1. The number of carbonyl (C=O) groups excluding carboxylic acids is 1. The van der Waals surface area contributed by atoms with Crippen LogP contribution in [0.25, 0.3) is 0 Å². The molecule has 0 spiro atoms. The second-order valence-electron chi connectivity index (χ2n) is 4.47. The van der Waals surface area contributed by atoms with E-state index >= 15 is 0 Å². The van der Waals surface area contributed by atoms with E-state index in [9.17, 15) is 9.18 Å². The highest BCUT2D eigenvalue weighted by atomic mass is 35.5. The lowest BCUT2D eigenvalue weighted by atomic mass is 9.88. The number of rotatable bonds is 7. The third-order valence-corrected chi connectivity index (χ3v) is 3.67. The van der Waals surface area contributed by atoms with E-state index in [1.807, 2.05) is 20.8 Å². The number of ether oxygens (including phenoxy) is 1.